The van der Waals surface area contributed by atoms with Crippen LogP contribution < -0.4 is 11.1 Å². The smallest absolute Gasteiger partial charge is 0.330 e. The van der Waals surface area contributed by atoms with Crippen molar-refractivity contribution >= 4 is 23.2 Å². The number of nitrogens with zero attached hydrogens (tertiary/aromatic N) is 5. The van der Waals surface area contributed by atoms with Crippen molar-refractivity contribution in [2.75, 3.05) is 11.9 Å². The van der Waals surface area contributed by atoms with Gasteiger partial charge in [-0.1, -0.05) is 12.1 Å². The molecule has 4 aromatic rings. The number of hydroxylamine groups is 2. The highest BCUT2D eigenvalue weighted by atomic mass is 16.7. The van der Waals surface area contributed by atoms with E-state index < -0.39 is 5.41 Å². The lowest BCUT2D eigenvalue weighted by Crippen LogP contribution is -2.44. The summed E-state index contributed by atoms with van der Waals surface area (Å²) in [5.74, 6) is -0.548. The van der Waals surface area contributed by atoms with Gasteiger partial charge in [-0.15, -0.1) is 5.06 Å². The van der Waals surface area contributed by atoms with Gasteiger partial charge in [0.25, 0.3) is 5.91 Å². The molecule has 186 valence electrons. The highest BCUT2D eigenvalue weighted by Gasteiger charge is 2.37. The van der Waals surface area contributed by atoms with E-state index in [0.29, 0.717) is 23.6 Å². The molecule has 3 N–H and O–H groups in total. The summed E-state index contributed by atoms with van der Waals surface area (Å²) < 4.78 is 3.61. The Hall–Kier alpha value is -4.02. The van der Waals surface area contributed by atoms with Crippen LogP contribution in [0.3, 0.4) is 0 Å². The normalized spacial score (nSPS) is 16.1. The van der Waals surface area contributed by atoms with Gasteiger partial charge in [-0.3, -0.25) is 9.20 Å². The number of amides is 1. The van der Waals surface area contributed by atoms with Crippen LogP contribution in [-0.4, -0.2) is 42.4 Å². The van der Waals surface area contributed by atoms with Crippen LogP contribution >= 0.6 is 0 Å². The Morgan fingerprint density at radius 1 is 1.19 bits per heavy atom. The number of anilines is 1. The summed E-state index contributed by atoms with van der Waals surface area (Å²) in [5.41, 5.74) is 9.54. The SMILES string of the molecule is CC(C)(C)C(=O)ON1CC[C@H]1c1cn(-c2ccc(CN)c(NC(=O)c3cnc4ccccn34)c2)cn1. The third kappa shape index (κ3) is 4.48. The predicted octanol–water partition coefficient (Wildman–Crippen LogP) is 3.48. The topological polar surface area (TPSA) is 120 Å². The van der Waals surface area contributed by atoms with Gasteiger partial charge in [0.1, 0.15) is 11.3 Å². The summed E-state index contributed by atoms with van der Waals surface area (Å²) in [5, 5.41) is 4.66. The molecule has 1 fully saturated rings. The summed E-state index contributed by atoms with van der Waals surface area (Å²) in [6.07, 6.45) is 7.82. The molecule has 0 spiro atoms. The molecule has 4 heterocycles. The number of hydrogen-bond acceptors (Lipinski definition) is 7. The van der Waals surface area contributed by atoms with Crippen molar-refractivity contribution in [3.05, 3.63) is 78.3 Å². The first-order chi connectivity index (χ1) is 17.2. The Labute approximate surface area is 208 Å². The molecule has 0 unspecified atom stereocenters. The standard InChI is InChI=1S/C26H29N7O3/c1-26(2,3)25(35)36-33-11-9-21(33)20-15-31(16-29-20)18-8-7-17(13-27)19(12-18)30-24(34)22-14-28-23-6-4-5-10-32(22)23/h4-8,10,12,14-16,21H,9,11,13,27H2,1-3H3,(H,30,34)/t21-/m0/s1. The first kappa shape index (κ1) is 23.7. The number of carbonyl (C=O) groups is 2. The molecule has 3 aromatic heterocycles. The van der Waals surface area contributed by atoms with Gasteiger partial charge in [0.2, 0.25) is 0 Å². The van der Waals surface area contributed by atoms with Gasteiger partial charge in [0, 0.05) is 36.9 Å². The third-order valence-electron chi connectivity index (χ3n) is 6.24. The third-order valence-corrected chi connectivity index (χ3v) is 6.24. The van der Waals surface area contributed by atoms with Gasteiger partial charge in [-0.25, -0.2) is 14.8 Å². The van der Waals surface area contributed by atoms with E-state index in [4.69, 9.17) is 10.6 Å². The Balaban J connectivity index is 1.35. The summed E-state index contributed by atoms with van der Waals surface area (Å²) in [4.78, 5) is 39.7. The zero-order chi connectivity index (χ0) is 25.4. The molecular formula is C26H29N7O3. The van der Waals surface area contributed by atoms with E-state index in [2.05, 4.69) is 15.3 Å². The van der Waals surface area contributed by atoms with Crippen LogP contribution in [0.15, 0.2) is 61.3 Å². The molecule has 1 aromatic carbocycles. The zero-order valence-corrected chi connectivity index (χ0v) is 20.5. The summed E-state index contributed by atoms with van der Waals surface area (Å²) >= 11 is 0. The molecule has 0 bridgehead atoms. The Morgan fingerprint density at radius 3 is 2.75 bits per heavy atom. The maximum absolute atomic E-state index is 13.1. The van der Waals surface area contributed by atoms with E-state index in [0.717, 1.165) is 23.4 Å². The average Bonchev–Trinajstić information content (AvgIpc) is 3.48. The lowest BCUT2D eigenvalue weighted by Gasteiger charge is -2.38. The quantitative estimate of drug-likeness (QED) is 0.427. The minimum Gasteiger partial charge on any atom is -0.367 e. The summed E-state index contributed by atoms with van der Waals surface area (Å²) in [6, 6.07) is 11.2. The Kier molecular flexibility index (Phi) is 6.07. The number of rotatable bonds is 6. The number of carbonyl (C=O) groups excluding carboxylic acids is 2. The van der Waals surface area contributed by atoms with Gasteiger partial charge in [0.05, 0.1) is 29.7 Å². The molecule has 10 nitrogen and oxygen atoms in total. The van der Waals surface area contributed by atoms with E-state index in [1.54, 1.807) is 28.2 Å². The first-order valence-corrected chi connectivity index (χ1v) is 11.8. The van der Waals surface area contributed by atoms with Gasteiger partial charge >= 0.3 is 5.97 Å². The van der Waals surface area contributed by atoms with Crippen molar-refractivity contribution in [1.29, 1.82) is 0 Å². The Morgan fingerprint density at radius 2 is 2.03 bits per heavy atom. The van der Waals surface area contributed by atoms with E-state index >= 15 is 0 Å². The lowest BCUT2D eigenvalue weighted by molar-refractivity contribution is -0.238. The van der Waals surface area contributed by atoms with Crippen LogP contribution in [0.2, 0.25) is 0 Å². The fourth-order valence-electron chi connectivity index (χ4n) is 3.97. The molecule has 0 aliphatic carbocycles. The van der Waals surface area contributed by atoms with Crippen LogP contribution in [0.1, 0.15) is 55.0 Å². The van der Waals surface area contributed by atoms with Gasteiger partial charge < -0.3 is 20.5 Å². The highest BCUT2D eigenvalue weighted by Crippen LogP contribution is 2.34. The van der Waals surface area contributed by atoms with Crippen molar-refractivity contribution < 1.29 is 14.4 Å². The van der Waals surface area contributed by atoms with Crippen molar-refractivity contribution in [3.63, 3.8) is 0 Å². The van der Waals surface area contributed by atoms with Crippen LogP contribution in [0.4, 0.5) is 5.69 Å². The van der Waals surface area contributed by atoms with Gasteiger partial charge in [-0.05, 0) is 57.0 Å². The molecule has 1 atom stereocenters. The monoisotopic (exact) mass is 487 g/mol. The maximum Gasteiger partial charge on any atom is 0.330 e. The van der Waals surface area contributed by atoms with Gasteiger partial charge in [-0.2, -0.15) is 0 Å². The number of pyridine rings is 1. The van der Waals surface area contributed by atoms with Crippen molar-refractivity contribution in [2.24, 2.45) is 11.1 Å². The first-order valence-electron chi connectivity index (χ1n) is 11.8. The number of imidazole rings is 2. The summed E-state index contributed by atoms with van der Waals surface area (Å²) in [6.45, 7) is 6.43. The molecule has 1 aliphatic heterocycles. The number of nitrogens with two attached hydrogens (primary N) is 1. The molecule has 0 saturated carbocycles. The van der Waals surface area contributed by atoms with E-state index in [-0.39, 0.29) is 24.5 Å². The molecule has 1 amide bonds. The fraction of sp³-hybridized carbons (Fsp3) is 0.308. The second-order valence-electron chi connectivity index (χ2n) is 9.85. The molecule has 1 saturated heterocycles. The second-order valence-corrected chi connectivity index (χ2v) is 9.85. The summed E-state index contributed by atoms with van der Waals surface area (Å²) in [7, 11) is 0. The minimum absolute atomic E-state index is 0.0878. The minimum atomic E-state index is -0.575. The number of nitrogens with one attached hydrogen (secondary N) is 1. The van der Waals surface area contributed by atoms with E-state index in [1.807, 2.05) is 67.9 Å². The van der Waals surface area contributed by atoms with Crippen LogP contribution in [0.5, 0.6) is 0 Å². The molecule has 0 radical (unpaired) electrons. The highest BCUT2D eigenvalue weighted by molar-refractivity contribution is 6.04. The van der Waals surface area contributed by atoms with Gasteiger partial charge in [0.15, 0.2) is 0 Å². The number of aromatic nitrogens is 4. The lowest BCUT2D eigenvalue weighted by atomic mass is 9.97. The van der Waals surface area contributed by atoms with Crippen LogP contribution in [-0.2, 0) is 16.2 Å². The molecule has 10 heteroatoms. The van der Waals surface area contributed by atoms with Crippen molar-refractivity contribution in [1.82, 2.24) is 24.0 Å². The van der Waals surface area contributed by atoms with Crippen molar-refractivity contribution in [3.8, 4) is 5.69 Å². The van der Waals surface area contributed by atoms with E-state index in [9.17, 15) is 9.59 Å². The van der Waals surface area contributed by atoms with E-state index in [1.165, 1.54) is 0 Å². The predicted molar refractivity (Wildman–Crippen MR) is 134 cm³/mol. The maximum atomic E-state index is 13.1. The Bertz CT molecular complexity index is 1430. The molecular weight excluding hydrogens is 458 g/mol. The molecule has 36 heavy (non-hydrogen) atoms. The van der Waals surface area contributed by atoms with Crippen molar-refractivity contribution in [2.45, 2.75) is 39.8 Å². The largest absolute Gasteiger partial charge is 0.367 e. The second kappa shape index (κ2) is 9.21. The number of benzene rings is 1. The molecule has 1 aliphatic rings. The zero-order valence-electron chi connectivity index (χ0n) is 20.5. The fourth-order valence-corrected chi connectivity index (χ4v) is 3.97. The average molecular weight is 488 g/mol. The number of fused-ring (bicyclic) bond motifs is 1. The molecule has 5 rings (SSSR count). The van der Waals surface area contributed by atoms with Crippen LogP contribution in [0.25, 0.3) is 11.3 Å². The number of hydrogen-bond donors (Lipinski definition) is 2. The van der Waals surface area contributed by atoms with Crippen LogP contribution in [0, 0.1) is 5.41 Å².